The third-order valence-electron chi connectivity index (χ3n) is 4.13. The Labute approximate surface area is 144 Å². The van der Waals surface area contributed by atoms with Crippen LogP contribution in [0.2, 0.25) is 0 Å². The lowest BCUT2D eigenvalue weighted by Crippen LogP contribution is -2.30. The van der Waals surface area contributed by atoms with Crippen molar-refractivity contribution in [3.8, 4) is 0 Å². The summed E-state index contributed by atoms with van der Waals surface area (Å²) in [6.45, 7) is 2.48. The summed E-state index contributed by atoms with van der Waals surface area (Å²) in [6, 6.07) is 1.82. The van der Waals surface area contributed by atoms with Crippen LogP contribution >= 0.6 is 0 Å². The van der Waals surface area contributed by atoms with Crippen molar-refractivity contribution in [1.82, 2.24) is 14.9 Å². The van der Waals surface area contributed by atoms with Crippen molar-refractivity contribution in [2.75, 3.05) is 29.9 Å². The number of benzene rings is 1. The van der Waals surface area contributed by atoms with Crippen LogP contribution in [-0.4, -0.2) is 35.2 Å². The van der Waals surface area contributed by atoms with Gasteiger partial charge in [0.1, 0.15) is 5.69 Å². The molecule has 8 heteroatoms. The number of hydrogen-bond acceptors (Lipinski definition) is 3. The fraction of sp³-hybridized carbons (Fsp3) is 0.412. The van der Waals surface area contributed by atoms with Gasteiger partial charge in [0, 0.05) is 44.3 Å². The number of carbonyl (C=O) groups excluding carboxylic acids is 1. The highest BCUT2D eigenvalue weighted by Crippen LogP contribution is 2.29. The van der Waals surface area contributed by atoms with E-state index in [2.05, 4.69) is 15.6 Å². The zero-order valence-corrected chi connectivity index (χ0v) is 13.8. The summed E-state index contributed by atoms with van der Waals surface area (Å²) in [7, 11) is 0. The Bertz CT molecular complexity index is 691. The van der Waals surface area contributed by atoms with Crippen LogP contribution in [0.5, 0.6) is 0 Å². The fourth-order valence-electron chi connectivity index (χ4n) is 2.94. The zero-order valence-electron chi connectivity index (χ0n) is 13.8. The van der Waals surface area contributed by atoms with E-state index < -0.39 is 17.7 Å². The largest absolute Gasteiger partial charge is 0.367 e. The Balaban J connectivity index is 1.50. The molecule has 2 N–H and O–H groups in total. The first kappa shape index (κ1) is 17.2. The molecule has 0 spiro atoms. The number of amides is 2. The van der Waals surface area contributed by atoms with E-state index in [4.69, 9.17) is 0 Å². The average molecular weight is 349 g/mol. The lowest BCUT2D eigenvalue weighted by Gasteiger charge is -2.20. The third-order valence-corrected chi connectivity index (χ3v) is 4.13. The maximum Gasteiger partial charge on any atom is 0.319 e. The lowest BCUT2D eigenvalue weighted by atomic mass is 10.2. The topological polar surface area (TPSA) is 62.2 Å². The number of anilines is 2. The van der Waals surface area contributed by atoms with Crippen molar-refractivity contribution < 1.29 is 13.6 Å². The molecule has 6 nitrogen and oxygen atoms in total. The van der Waals surface area contributed by atoms with Gasteiger partial charge >= 0.3 is 6.03 Å². The number of aromatic nitrogens is 2. The highest BCUT2D eigenvalue weighted by Gasteiger charge is 2.21. The smallest absolute Gasteiger partial charge is 0.319 e. The lowest BCUT2D eigenvalue weighted by molar-refractivity contribution is 0.252. The first-order valence-corrected chi connectivity index (χ1v) is 8.38. The van der Waals surface area contributed by atoms with Crippen LogP contribution in [0.3, 0.4) is 0 Å². The predicted octanol–water partition coefficient (Wildman–Crippen LogP) is 2.97. The molecule has 3 rings (SSSR count). The number of aryl methyl sites for hydroxylation is 1. The standard InChI is InChI=1S/C17H21F2N5O/c18-14-10-13(11-15(19)16(14)24-7-1-2-8-24)22-17(25)21-4-3-6-23-9-5-20-12-23/h5,9-12H,1-4,6-8H2,(H2,21,22,25). The van der Waals surface area contributed by atoms with E-state index in [1.165, 1.54) is 0 Å². The molecule has 1 aliphatic rings. The van der Waals surface area contributed by atoms with E-state index in [0.29, 0.717) is 19.6 Å². The minimum Gasteiger partial charge on any atom is -0.367 e. The summed E-state index contributed by atoms with van der Waals surface area (Å²) in [4.78, 5) is 17.5. The van der Waals surface area contributed by atoms with E-state index in [9.17, 15) is 13.6 Å². The summed E-state index contributed by atoms with van der Waals surface area (Å²) >= 11 is 0. The highest BCUT2D eigenvalue weighted by molar-refractivity contribution is 5.89. The van der Waals surface area contributed by atoms with Crippen LogP contribution in [0, 0.1) is 11.6 Å². The number of nitrogens with zero attached hydrogens (tertiary/aromatic N) is 3. The molecule has 0 aliphatic carbocycles. The molecule has 0 atom stereocenters. The molecule has 0 saturated carbocycles. The van der Waals surface area contributed by atoms with Gasteiger partial charge in [0.2, 0.25) is 0 Å². The van der Waals surface area contributed by atoms with Gasteiger partial charge in [0.25, 0.3) is 0 Å². The van der Waals surface area contributed by atoms with Crippen LogP contribution < -0.4 is 15.5 Å². The Morgan fingerprint density at radius 3 is 2.56 bits per heavy atom. The molecular weight excluding hydrogens is 328 g/mol. The number of hydrogen-bond donors (Lipinski definition) is 2. The van der Waals surface area contributed by atoms with Gasteiger partial charge in [-0.15, -0.1) is 0 Å². The summed E-state index contributed by atoms with van der Waals surface area (Å²) in [5.41, 5.74) is 0.0915. The highest BCUT2D eigenvalue weighted by atomic mass is 19.1. The molecule has 0 unspecified atom stereocenters. The third kappa shape index (κ3) is 4.46. The Hall–Kier alpha value is -2.64. The van der Waals surface area contributed by atoms with Crippen molar-refractivity contribution in [2.24, 2.45) is 0 Å². The van der Waals surface area contributed by atoms with Crippen molar-refractivity contribution in [2.45, 2.75) is 25.8 Å². The van der Waals surface area contributed by atoms with Gasteiger partial charge < -0.3 is 20.1 Å². The molecule has 1 aromatic carbocycles. The minimum absolute atomic E-state index is 0.0104. The fourth-order valence-corrected chi connectivity index (χ4v) is 2.94. The summed E-state index contributed by atoms with van der Waals surface area (Å²) in [5.74, 6) is -1.31. The van der Waals surface area contributed by atoms with Gasteiger partial charge in [-0.25, -0.2) is 18.6 Å². The van der Waals surface area contributed by atoms with Crippen LogP contribution in [-0.2, 0) is 6.54 Å². The van der Waals surface area contributed by atoms with Crippen molar-refractivity contribution in [3.63, 3.8) is 0 Å². The van der Waals surface area contributed by atoms with Gasteiger partial charge in [-0.1, -0.05) is 0 Å². The first-order valence-electron chi connectivity index (χ1n) is 8.38. The molecule has 134 valence electrons. The molecule has 1 saturated heterocycles. The van der Waals surface area contributed by atoms with Gasteiger partial charge in [-0.2, -0.15) is 0 Å². The first-order chi connectivity index (χ1) is 12.1. The number of imidazole rings is 1. The second kappa shape index (κ2) is 7.96. The SMILES string of the molecule is O=C(NCCCn1ccnc1)Nc1cc(F)c(N2CCCC2)c(F)c1. The molecule has 25 heavy (non-hydrogen) atoms. The van der Waals surface area contributed by atoms with Gasteiger partial charge in [0.05, 0.1) is 6.33 Å². The van der Waals surface area contributed by atoms with Crippen LogP contribution in [0.15, 0.2) is 30.9 Å². The van der Waals surface area contributed by atoms with Crippen molar-refractivity contribution in [1.29, 1.82) is 0 Å². The monoisotopic (exact) mass is 349 g/mol. The number of rotatable bonds is 6. The predicted molar refractivity (Wildman–Crippen MR) is 91.7 cm³/mol. The van der Waals surface area contributed by atoms with Gasteiger partial charge in [0.15, 0.2) is 11.6 Å². The quantitative estimate of drug-likeness (QED) is 0.788. The summed E-state index contributed by atoms with van der Waals surface area (Å²) in [6.07, 6.45) is 7.82. The zero-order chi connectivity index (χ0) is 17.6. The van der Waals surface area contributed by atoms with Gasteiger partial charge in [-0.3, -0.25) is 0 Å². The van der Waals surface area contributed by atoms with E-state index in [0.717, 1.165) is 37.9 Å². The summed E-state index contributed by atoms with van der Waals surface area (Å²) in [5, 5.41) is 5.13. The molecule has 1 aliphatic heterocycles. The molecular formula is C17H21F2N5O. The van der Waals surface area contributed by atoms with Crippen molar-refractivity contribution >= 4 is 17.4 Å². The van der Waals surface area contributed by atoms with Crippen LogP contribution in [0.4, 0.5) is 25.0 Å². The van der Waals surface area contributed by atoms with Gasteiger partial charge in [-0.05, 0) is 31.4 Å². The Kier molecular flexibility index (Phi) is 5.47. The Morgan fingerprint density at radius 2 is 1.92 bits per heavy atom. The molecule has 1 fully saturated rings. The van der Waals surface area contributed by atoms with E-state index in [1.807, 2.05) is 10.8 Å². The maximum absolute atomic E-state index is 14.2. The van der Waals surface area contributed by atoms with E-state index in [1.54, 1.807) is 17.4 Å². The maximum atomic E-state index is 14.2. The van der Waals surface area contributed by atoms with Crippen LogP contribution in [0.1, 0.15) is 19.3 Å². The number of urea groups is 1. The molecule has 0 radical (unpaired) electrons. The second-order valence-electron chi connectivity index (χ2n) is 6.02. The van der Waals surface area contributed by atoms with Crippen LogP contribution in [0.25, 0.3) is 0 Å². The Morgan fingerprint density at radius 1 is 1.20 bits per heavy atom. The van der Waals surface area contributed by atoms with Crippen molar-refractivity contribution in [3.05, 3.63) is 42.5 Å². The summed E-state index contributed by atoms with van der Waals surface area (Å²) < 4.78 is 30.3. The molecule has 2 aromatic rings. The molecule has 2 amide bonds. The second-order valence-corrected chi connectivity index (χ2v) is 6.02. The minimum atomic E-state index is -0.655. The molecule has 0 bridgehead atoms. The normalized spacial score (nSPS) is 13.9. The number of halogens is 2. The van der Waals surface area contributed by atoms with E-state index >= 15 is 0 Å². The number of carbonyl (C=O) groups is 1. The van der Waals surface area contributed by atoms with E-state index in [-0.39, 0.29) is 11.4 Å². The average Bonchev–Trinajstić information content (AvgIpc) is 3.24. The molecule has 2 heterocycles. The number of nitrogens with one attached hydrogen (secondary N) is 2. The molecule has 1 aromatic heterocycles.